The van der Waals surface area contributed by atoms with Gasteiger partial charge in [-0.25, -0.2) is 4.79 Å². The van der Waals surface area contributed by atoms with Gasteiger partial charge in [-0.2, -0.15) is 0 Å². The number of likely N-dealkylation sites (N-methyl/N-ethyl adjacent to an activating group) is 1. The Morgan fingerprint density at radius 2 is 1.26 bits per heavy atom. The normalized spacial score (nSPS) is 18.5. The van der Waals surface area contributed by atoms with E-state index in [0.29, 0.717) is 36.0 Å². The van der Waals surface area contributed by atoms with Crippen LogP contribution in [0.3, 0.4) is 0 Å². The quantitative estimate of drug-likeness (QED) is 0.204. The number of esters is 1. The highest BCUT2D eigenvalue weighted by Crippen LogP contribution is 2.44. The number of benzene rings is 2. The van der Waals surface area contributed by atoms with Gasteiger partial charge in [-0.3, -0.25) is 14.8 Å². The maximum atomic E-state index is 13.0. The second-order valence-corrected chi connectivity index (χ2v) is 7.84. The largest absolute Gasteiger partial charge is 0.487 e. The number of carbonyl (C=O) groups is 1. The summed E-state index contributed by atoms with van der Waals surface area (Å²) in [7, 11) is 1.68. The van der Waals surface area contributed by atoms with Crippen molar-refractivity contribution in [3.63, 3.8) is 0 Å². The minimum absolute atomic E-state index is 0.350. The molecule has 8 heteroatoms. The predicted octanol–water partition coefficient (Wildman–Crippen LogP) is 4.27. The molecule has 2 unspecified atom stereocenters. The van der Waals surface area contributed by atoms with E-state index in [9.17, 15) is 4.79 Å². The highest BCUT2D eigenvalue weighted by atomic mass is 16.9. The van der Waals surface area contributed by atoms with Crippen LogP contribution >= 0.6 is 0 Å². The molecule has 0 bridgehead atoms. The topological polar surface area (TPSA) is 86.1 Å². The van der Waals surface area contributed by atoms with Crippen molar-refractivity contribution in [2.75, 3.05) is 7.05 Å². The lowest BCUT2D eigenvalue weighted by atomic mass is 10.1. The lowest BCUT2D eigenvalue weighted by Gasteiger charge is -2.13. The zero-order chi connectivity index (χ0) is 24.1. The van der Waals surface area contributed by atoms with E-state index in [2.05, 4.69) is 9.97 Å². The molecule has 0 radical (unpaired) electrons. The zero-order valence-electron chi connectivity index (χ0n) is 19.0. The van der Waals surface area contributed by atoms with Crippen LogP contribution in [0.25, 0.3) is 0 Å². The average Bonchev–Trinajstić information content (AvgIpc) is 3.60. The molecule has 176 valence electrons. The SMILES string of the molecule is CN1OC1(C(=O)Oc1ccc(OCc2ccccn2)cc1)c1ccc(OCc2ccccn2)cc1. The molecule has 0 saturated carbocycles. The molecule has 8 nitrogen and oxygen atoms in total. The van der Waals surface area contributed by atoms with Crippen LogP contribution in [0.5, 0.6) is 17.2 Å². The Bertz CT molecular complexity index is 1270. The summed E-state index contributed by atoms with van der Waals surface area (Å²) in [6.45, 7) is 0.703. The Balaban J connectivity index is 1.19. The summed E-state index contributed by atoms with van der Waals surface area (Å²) >= 11 is 0. The molecule has 1 fully saturated rings. The minimum atomic E-state index is -1.30. The fourth-order valence-corrected chi connectivity index (χ4v) is 3.53. The molecule has 1 saturated heterocycles. The molecule has 5 rings (SSSR count). The summed E-state index contributed by atoms with van der Waals surface area (Å²) < 4.78 is 17.1. The van der Waals surface area contributed by atoms with Gasteiger partial charge in [0.05, 0.1) is 11.4 Å². The third-order valence-electron chi connectivity index (χ3n) is 5.46. The third-order valence-corrected chi connectivity index (χ3v) is 5.46. The molecule has 1 aliphatic heterocycles. The van der Waals surface area contributed by atoms with Crippen molar-refractivity contribution in [2.24, 2.45) is 0 Å². The number of hydrogen-bond acceptors (Lipinski definition) is 8. The van der Waals surface area contributed by atoms with Crippen LogP contribution in [0.15, 0.2) is 97.3 Å². The van der Waals surface area contributed by atoms with Gasteiger partial charge < -0.3 is 14.2 Å². The molecule has 2 atom stereocenters. The van der Waals surface area contributed by atoms with Crippen molar-refractivity contribution in [3.8, 4) is 17.2 Å². The lowest BCUT2D eigenvalue weighted by molar-refractivity contribution is -0.141. The molecule has 1 aliphatic rings. The van der Waals surface area contributed by atoms with Crippen LogP contribution in [-0.4, -0.2) is 28.0 Å². The Kier molecular flexibility index (Phi) is 6.38. The molecular formula is C27H23N3O5. The van der Waals surface area contributed by atoms with E-state index in [4.69, 9.17) is 19.0 Å². The van der Waals surface area contributed by atoms with Gasteiger partial charge in [0.1, 0.15) is 30.5 Å². The Morgan fingerprint density at radius 1 is 0.771 bits per heavy atom. The zero-order valence-corrected chi connectivity index (χ0v) is 19.0. The smallest absolute Gasteiger partial charge is 0.368 e. The van der Waals surface area contributed by atoms with Crippen LogP contribution in [0.1, 0.15) is 17.0 Å². The summed E-state index contributed by atoms with van der Waals surface area (Å²) in [5, 5.41) is 1.46. The average molecular weight is 469 g/mol. The van der Waals surface area contributed by atoms with E-state index < -0.39 is 11.7 Å². The van der Waals surface area contributed by atoms with Gasteiger partial charge in [0.2, 0.25) is 0 Å². The fraction of sp³-hybridized carbons (Fsp3) is 0.148. The third kappa shape index (κ3) is 5.13. The van der Waals surface area contributed by atoms with E-state index in [-0.39, 0.29) is 0 Å². The number of ether oxygens (including phenoxy) is 3. The first-order valence-corrected chi connectivity index (χ1v) is 11.0. The second kappa shape index (κ2) is 9.92. The van der Waals surface area contributed by atoms with Gasteiger partial charge in [-0.1, -0.05) is 24.3 Å². The number of rotatable bonds is 9. The van der Waals surface area contributed by atoms with Crippen LogP contribution in [0.4, 0.5) is 0 Å². The molecule has 0 N–H and O–H groups in total. The Labute approximate surface area is 202 Å². The molecule has 35 heavy (non-hydrogen) atoms. The standard InChI is InChI=1S/C27H23N3O5/c1-30-27(35-30,20-8-10-23(11-9-20)32-18-21-6-2-4-16-28-21)26(31)34-25-14-12-24(13-15-25)33-19-22-7-3-5-17-29-22/h2-17H,18-19H2,1H3. The van der Waals surface area contributed by atoms with Crippen LogP contribution < -0.4 is 14.2 Å². The number of aromatic nitrogens is 2. The monoisotopic (exact) mass is 469 g/mol. The summed E-state index contributed by atoms with van der Waals surface area (Å²) in [4.78, 5) is 27.1. The molecule has 0 spiro atoms. The second-order valence-electron chi connectivity index (χ2n) is 7.84. The number of carbonyl (C=O) groups excluding carboxylic acids is 1. The van der Waals surface area contributed by atoms with Crippen molar-refractivity contribution < 1.29 is 23.8 Å². The van der Waals surface area contributed by atoms with E-state index in [0.717, 1.165) is 11.4 Å². The molecule has 0 amide bonds. The van der Waals surface area contributed by atoms with E-state index in [1.165, 1.54) is 5.06 Å². The number of nitrogens with zero attached hydrogens (tertiary/aromatic N) is 3. The van der Waals surface area contributed by atoms with Gasteiger partial charge >= 0.3 is 5.97 Å². The molecular weight excluding hydrogens is 446 g/mol. The molecule has 0 aliphatic carbocycles. The van der Waals surface area contributed by atoms with Crippen molar-refractivity contribution in [1.82, 2.24) is 15.0 Å². The number of hydroxylamine groups is 2. The van der Waals surface area contributed by atoms with Gasteiger partial charge in [0.15, 0.2) is 0 Å². The maximum absolute atomic E-state index is 13.0. The first-order valence-electron chi connectivity index (χ1n) is 11.0. The van der Waals surface area contributed by atoms with Crippen molar-refractivity contribution in [1.29, 1.82) is 0 Å². The Hall–Kier alpha value is -4.27. The first kappa shape index (κ1) is 22.5. The van der Waals surface area contributed by atoms with Crippen molar-refractivity contribution in [3.05, 3.63) is 114 Å². The van der Waals surface area contributed by atoms with Gasteiger partial charge in [0.25, 0.3) is 5.72 Å². The number of hydrogen-bond donors (Lipinski definition) is 0. The molecule has 4 aromatic rings. The highest BCUT2D eigenvalue weighted by molar-refractivity contribution is 5.84. The van der Waals surface area contributed by atoms with Crippen LogP contribution in [0.2, 0.25) is 0 Å². The summed E-state index contributed by atoms with van der Waals surface area (Å²) in [6, 6.07) is 25.3. The fourth-order valence-electron chi connectivity index (χ4n) is 3.53. The van der Waals surface area contributed by atoms with E-state index in [1.807, 2.05) is 36.4 Å². The van der Waals surface area contributed by atoms with Gasteiger partial charge in [0, 0.05) is 25.0 Å². The highest BCUT2D eigenvalue weighted by Gasteiger charge is 2.62. The lowest BCUT2D eigenvalue weighted by Crippen LogP contribution is -2.30. The van der Waals surface area contributed by atoms with Gasteiger partial charge in [-0.15, -0.1) is 5.06 Å². The van der Waals surface area contributed by atoms with Gasteiger partial charge in [-0.05, 0) is 60.7 Å². The first-order chi connectivity index (χ1) is 17.1. The molecule has 3 heterocycles. The molecule has 2 aromatic heterocycles. The summed E-state index contributed by atoms with van der Waals surface area (Å²) in [5.41, 5.74) is 1.00. The maximum Gasteiger partial charge on any atom is 0.368 e. The summed E-state index contributed by atoms with van der Waals surface area (Å²) in [6.07, 6.45) is 3.44. The van der Waals surface area contributed by atoms with Crippen molar-refractivity contribution >= 4 is 5.97 Å². The van der Waals surface area contributed by atoms with Crippen LogP contribution in [0, 0.1) is 0 Å². The van der Waals surface area contributed by atoms with Crippen LogP contribution in [-0.2, 0) is 28.6 Å². The number of pyridine rings is 2. The predicted molar refractivity (Wildman–Crippen MR) is 126 cm³/mol. The van der Waals surface area contributed by atoms with E-state index in [1.54, 1.807) is 68.0 Å². The molecule has 2 aromatic carbocycles. The Morgan fingerprint density at radius 3 is 1.71 bits per heavy atom. The summed E-state index contributed by atoms with van der Waals surface area (Å²) in [5.74, 6) is 1.15. The van der Waals surface area contributed by atoms with Crippen molar-refractivity contribution in [2.45, 2.75) is 18.9 Å². The minimum Gasteiger partial charge on any atom is -0.487 e. The van der Waals surface area contributed by atoms with E-state index >= 15 is 0 Å².